The summed E-state index contributed by atoms with van der Waals surface area (Å²) in [6.07, 6.45) is 8.42. The minimum absolute atomic E-state index is 0.0539. The Balaban J connectivity index is 1.32. The largest absolute Gasteiger partial charge is 0.353 e. The Kier molecular flexibility index (Phi) is 8.99. The maximum atomic E-state index is 13.4. The van der Waals surface area contributed by atoms with Crippen LogP contribution in [0, 0.1) is 5.92 Å². The Morgan fingerprint density at radius 1 is 1.19 bits per heavy atom. The number of carbonyl (C=O) groups is 2. The minimum Gasteiger partial charge on any atom is -0.353 e. The van der Waals surface area contributed by atoms with Crippen molar-refractivity contribution in [3.8, 4) is 0 Å². The van der Waals surface area contributed by atoms with Gasteiger partial charge < -0.3 is 15.1 Å². The first-order valence-corrected chi connectivity index (χ1v) is 14.1. The van der Waals surface area contributed by atoms with Gasteiger partial charge in [-0.3, -0.25) is 14.9 Å². The van der Waals surface area contributed by atoms with Gasteiger partial charge in [0.15, 0.2) is 0 Å². The Morgan fingerprint density at radius 3 is 2.69 bits per heavy atom. The molecule has 3 aliphatic rings. The second-order valence-corrected chi connectivity index (χ2v) is 11.1. The van der Waals surface area contributed by atoms with Gasteiger partial charge in [0.25, 0.3) is 0 Å². The van der Waals surface area contributed by atoms with E-state index in [-0.39, 0.29) is 17.2 Å². The van der Waals surface area contributed by atoms with Crippen LogP contribution in [0.5, 0.6) is 0 Å². The molecule has 2 atom stereocenters. The van der Waals surface area contributed by atoms with Gasteiger partial charge in [-0.15, -0.1) is 11.8 Å². The highest BCUT2D eigenvalue weighted by molar-refractivity contribution is 8.00. The van der Waals surface area contributed by atoms with Crippen molar-refractivity contribution in [2.45, 2.75) is 43.5 Å². The maximum Gasteiger partial charge on any atom is 0.248 e. The predicted octanol–water partition coefficient (Wildman–Crippen LogP) is 2.19. The fourth-order valence-corrected chi connectivity index (χ4v) is 6.83. The highest BCUT2D eigenvalue weighted by Crippen LogP contribution is 2.27. The molecule has 32 heavy (non-hydrogen) atoms. The molecular formula is C23H35N5O2S2. The van der Waals surface area contributed by atoms with Gasteiger partial charge in [0, 0.05) is 50.4 Å². The third-order valence-corrected chi connectivity index (χ3v) is 8.93. The molecule has 1 unspecified atom stereocenters. The van der Waals surface area contributed by atoms with Crippen molar-refractivity contribution in [1.29, 1.82) is 0 Å². The number of rotatable bonds is 8. The molecule has 4 rings (SSSR count). The number of thioether (sulfide) groups is 2. The van der Waals surface area contributed by atoms with Crippen LogP contribution in [0.15, 0.2) is 24.4 Å². The zero-order valence-electron chi connectivity index (χ0n) is 18.7. The first-order chi connectivity index (χ1) is 15.7. The van der Waals surface area contributed by atoms with E-state index in [0.29, 0.717) is 18.8 Å². The standard InChI is InChI=1S/C23H35N5O2S2/c29-21(22-25-10-15-32-22)26-19(17-31-16-18-6-2-1-3-7-18)23(30)28-13-11-27(12-14-28)20-8-4-5-9-24-20/h4-5,8-9,18-19,22,25H,1-3,6-7,10-17H2,(H,26,29)/t19-,22?/m0/s1. The van der Waals surface area contributed by atoms with E-state index in [9.17, 15) is 9.59 Å². The summed E-state index contributed by atoms with van der Waals surface area (Å²) in [5.74, 6) is 4.38. The zero-order valence-corrected chi connectivity index (χ0v) is 20.3. The molecule has 1 saturated carbocycles. The number of hydrogen-bond acceptors (Lipinski definition) is 7. The molecule has 9 heteroatoms. The monoisotopic (exact) mass is 477 g/mol. The Bertz CT molecular complexity index is 733. The van der Waals surface area contributed by atoms with Crippen LogP contribution in [-0.2, 0) is 9.59 Å². The molecule has 2 saturated heterocycles. The predicted molar refractivity (Wildman–Crippen MR) is 133 cm³/mol. The van der Waals surface area contributed by atoms with Gasteiger partial charge in [-0.05, 0) is 36.6 Å². The molecular weight excluding hydrogens is 442 g/mol. The van der Waals surface area contributed by atoms with Crippen LogP contribution in [0.2, 0.25) is 0 Å². The molecule has 7 nitrogen and oxygen atoms in total. The highest BCUT2D eigenvalue weighted by atomic mass is 32.2. The third-order valence-electron chi connectivity index (χ3n) is 6.50. The molecule has 2 aliphatic heterocycles. The highest BCUT2D eigenvalue weighted by Gasteiger charge is 2.32. The Labute approximate surface area is 199 Å². The van der Waals surface area contributed by atoms with E-state index in [0.717, 1.165) is 42.9 Å². The van der Waals surface area contributed by atoms with Crippen LogP contribution in [0.25, 0.3) is 0 Å². The van der Waals surface area contributed by atoms with Crippen LogP contribution >= 0.6 is 23.5 Å². The Hall–Kier alpha value is -1.45. The first-order valence-electron chi connectivity index (χ1n) is 11.9. The number of piperazine rings is 1. The molecule has 0 radical (unpaired) electrons. The molecule has 2 amide bonds. The molecule has 0 aromatic carbocycles. The van der Waals surface area contributed by atoms with Gasteiger partial charge in [-0.25, -0.2) is 4.98 Å². The molecule has 1 aromatic rings. The summed E-state index contributed by atoms with van der Waals surface area (Å²) in [6, 6.07) is 5.46. The fraction of sp³-hybridized carbons (Fsp3) is 0.696. The second kappa shape index (κ2) is 12.1. The second-order valence-electron chi connectivity index (χ2n) is 8.81. The summed E-state index contributed by atoms with van der Waals surface area (Å²) in [5.41, 5.74) is 0. The fourth-order valence-electron chi connectivity index (χ4n) is 4.64. The number of hydrogen-bond donors (Lipinski definition) is 2. The number of aromatic nitrogens is 1. The lowest BCUT2D eigenvalue weighted by Gasteiger charge is -2.37. The van der Waals surface area contributed by atoms with Gasteiger partial charge in [-0.2, -0.15) is 11.8 Å². The number of anilines is 1. The van der Waals surface area contributed by atoms with Crippen LogP contribution in [-0.4, -0.2) is 83.1 Å². The molecule has 3 fully saturated rings. The van der Waals surface area contributed by atoms with Gasteiger partial charge in [0.05, 0.1) is 0 Å². The van der Waals surface area contributed by atoms with Crippen molar-refractivity contribution in [1.82, 2.24) is 20.5 Å². The van der Waals surface area contributed by atoms with Crippen molar-refractivity contribution in [3.63, 3.8) is 0 Å². The molecule has 0 bridgehead atoms. The number of nitrogens with zero attached hydrogens (tertiary/aromatic N) is 3. The van der Waals surface area contributed by atoms with E-state index in [1.54, 1.807) is 18.0 Å². The van der Waals surface area contributed by atoms with Crippen LogP contribution < -0.4 is 15.5 Å². The van der Waals surface area contributed by atoms with Crippen molar-refractivity contribution < 1.29 is 9.59 Å². The van der Waals surface area contributed by atoms with E-state index in [2.05, 4.69) is 20.5 Å². The normalized spacial score (nSPS) is 23.2. The summed E-state index contributed by atoms with van der Waals surface area (Å²) in [5, 5.41) is 6.05. The maximum absolute atomic E-state index is 13.4. The SMILES string of the molecule is O=C(N[C@@H](CSCC1CCCCC1)C(=O)N1CCN(c2ccccn2)CC1)C1NCCS1. The summed E-state index contributed by atoms with van der Waals surface area (Å²) in [7, 11) is 0. The molecule has 3 heterocycles. The third kappa shape index (κ3) is 6.54. The summed E-state index contributed by atoms with van der Waals surface area (Å²) in [4.78, 5) is 34.7. The summed E-state index contributed by atoms with van der Waals surface area (Å²) >= 11 is 3.45. The van der Waals surface area contributed by atoms with E-state index in [1.807, 2.05) is 34.9 Å². The average Bonchev–Trinajstić information content (AvgIpc) is 3.40. The molecule has 0 spiro atoms. The van der Waals surface area contributed by atoms with Crippen molar-refractivity contribution in [3.05, 3.63) is 24.4 Å². The van der Waals surface area contributed by atoms with Crippen molar-refractivity contribution in [2.24, 2.45) is 5.92 Å². The minimum atomic E-state index is -0.458. The summed E-state index contributed by atoms with van der Waals surface area (Å²) in [6.45, 7) is 3.68. The Morgan fingerprint density at radius 2 is 2.00 bits per heavy atom. The zero-order chi connectivity index (χ0) is 22.2. The quantitative estimate of drug-likeness (QED) is 0.594. The van der Waals surface area contributed by atoms with Crippen LogP contribution in [0.4, 0.5) is 5.82 Å². The van der Waals surface area contributed by atoms with Crippen LogP contribution in [0.1, 0.15) is 32.1 Å². The van der Waals surface area contributed by atoms with Gasteiger partial charge in [-0.1, -0.05) is 25.3 Å². The number of pyridine rings is 1. The lowest BCUT2D eigenvalue weighted by Crippen LogP contribution is -2.57. The van der Waals surface area contributed by atoms with E-state index >= 15 is 0 Å². The van der Waals surface area contributed by atoms with Crippen molar-refractivity contribution >= 4 is 41.2 Å². The molecule has 1 aromatic heterocycles. The number of nitrogens with one attached hydrogen (secondary N) is 2. The summed E-state index contributed by atoms with van der Waals surface area (Å²) < 4.78 is 0. The van der Waals surface area contributed by atoms with E-state index in [4.69, 9.17) is 0 Å². The number of carbonyl (C=O) groups excluding carboxylic acids is 2. The molecule has 176 valence electrons. The lowest BCUT2D eigenvalue weighted by atomic mass is 9.91. The van der Waals surface area contributed by atoms with E-state index in [1.165, 1.54) is 32.1 Å². The molecule has 1 aliphatic carbocycles. The van der Waals surface area contributed by atoms with Gasteiger partial charge in [0.2, 0.25) is 11.8 Å². The van der Waals surface area contributed by atoms with Crippen molar-refractivity contribution in [2.75, 3.05) is 54.9 Å². The van der Waals surface area contributed by atoms with Gasteiger partial charge in [0.1, 0.15) is 17.2 Å². The topological polar surface area (TPSA) is 77.6 Å². The average molecular weight is 478 g/mol. The van der Waals surface area contributed by atoms with Gasteiger partial charge >= 0.3 is 0 Å². The lowest BCUT2D eigenvalue weighted by molar-refractivity contribution is -0.136. The van der Waals surface area contributed by atoms with Crippen LogP contribution in [0.3, 0.4) is 0 Å². The molecule has 2 N–H and O–H groups in total. The van der Waals surface area contributed by atoms with E-state index < -0.39 is 6.04 Å². The first kappa shape index (κ1) is 23.7. The number of amides is 2. The smallest absolute Gasteiger partial charge is 0.248 e.